The van der Waals surface area contributed by atoms with Gasteiger partial charge >= 0.3 is 0 Å². The van der Waals surface area contributed by atoms with Crippen molar-refractivity contribution in [2.75, 3.05) is 6.54 Å². The van der Waals surface area contributed by atoms with Crippen molar-refractivity contribution < 1.29 is 8.42 Å². The van der Waals surface area contributed by atoms with E-state index in [0.717, 1.165) is 17.3 Å². The fraction of sp³-hybridized carbons (Fsp3) is 0.455. The van der Waals surface area contributed by atoms with Crippen molar-refractivity contribution in [3.63, 3.8) is 0 Å². The first-order chi connectivity index (χ1) is 7.52. The maximum atomic E-state index is 10.6. The van der Waals surface area contributed by atoms with Gasteiger partial charge in [0.2, 0.25) is 10.9 Å². The Hall–Kier alpha value is -0.390. The lowest BCUT2D eigenvalue weighted by molar-refractivity contribution is 0.586. The molecule has 5 heteroatoms. The molecule has 1 aliphatic rings. The molecule has 0 unspecified atom stereocenters. The number of hydrogen-bond donors (Lipinski definition) is 2. The molecule has 1 aromatic carbocycles. The molecule has 1 N–H and O–H groups in total. The van der Waals surface area contributed by atoms with Gasteiger partial charge < -0.3 is 0 Å². The lowest BCUT2D eigenvalue weighted by Gasteiger charge is -2.15. The molecule has 1 fully saturated rings. The van der Waals surface area contributed by atoms with Gasteiger partial charge in [-0.3, -0.25) is 0 Å². The first-order valence-electron chi connectivity index (χ1n) is 5.17. The molecule has 1 saturated carbocycles. The zero-order chi connectivity index (χ0) is 11.8. The van der Waals surface area contributed by atoms with Gasteiger partial charge in [-0.1, -0.05) is 22.0 Å². The molecule has 16 heavy (non-hydrogen) atoms. The molecular weight excluding hydrogens is 290 g/mol. The van der Waals surface area contributed by atoms with Crippen LogP contribution >= 0.6 is 15.9 Å². The number of aryl methyl sites for hydroxylation is 1. The average Bonchev–Trinajstić information content (AvgIpc) is 2.94. The monoisotopic (exact) mass is 303 g/mol. The van der Waals surface area contributed by atoms with Gasteiger partial charge in [0.15, 0.2) is 0 Å². The number of rotatable bonds is 4. The van der Waals surface area contributed by atoms with Crippen LogP contribution in [0.3, 0.4) is 0 Å². The van der Waals surface area contributed by atoms with Crippen LogP contribution in [0, 0.1) is 6.92 Å². The summed E-state index contributed by atoms with van der Waals surface area (Å²) in [5.74, 6) is 0. The minimum absolute atomic E-state index is 0.0317. The molecule has 0 spiro atoms. The number of benzene rings is 1. The van der Waals surface area contributed by atoms with Crippen LogP contribution < -0.4 is 4.72 Å². The van der Waals surface area contributed by atoms with E-state index >= 15 is 0 Å². The van der Waals surface area contributed by atoms with E-state index in [0.29, 0.717) is 6.54 Å². The Bertz CT molecular complexity index is 453. The van der Waals surface area contributed by atoms with Crippen molar-refractivity contribution in [3.8, 4) is 0 Å². The van der Waals surface area contributed by atoms with Crippen molar-refractivity contribution in [2.24, 2.45) is 0 Å². The lowest BCUT2D eigenvalue weighted by atomic mass is 9.95. The number of hydrogen-bond acceptors (Lipinski definition) is 2. The molecule has 0 heterocycles. The van der Waals surface area contributed by atoms with Crippen LogP contribution in [0.25, 0.3) is 0 Å². The highest BCUT2D eigenvalue weighted by molar-refractivity contribution is 9.10. The zero-order valence-corrected chi connectivity index (χ0v) is 11.5. The van der Waals surface area contributed by atoms with E-state index < -0.39 is 10.9 Å². The Morgan fingerprint density at radius 1 is 1.38 bits per heavy atom. The van der Waals surface area contributed by atoms with Gasteiger partial charge in [0, 0.05) is 16.4 Å². The van der Waals surface area contributed by atoms with Crippen molar-refractivity contribution in [3.05, 3.63) is 33.8 Å². The Morgan fingerprint density at radius 3 is 2.56 bits per heavy atom. The first-order valence-corrected chi connectivity index (χ1v) is 7.14. The maximum absolute atomic E-state index is 10.6. The highest BCUT2D eigenvalue weighted by Crippen LogP contribution is 2.48. The minimum atomic E-state index is -2.49. The maximum Gasteiger partial charge on any atom is 0.201 e. The fourth-order valence-corrected chi connectivity index (χ4v) is 3.02. The van der Waals surface area contributed by atoms with E-state index in [1.54, 1.807) is 0 Å². The van der Waals surface area contributed by atoms with Crippen LogP contribution in [0.15, 0.2) is 22.7 Å². The van der Waals surface area contributed by atoms with Crippen LogP contribution in [0.2, 0.25) is 0 Å². The molecule has 1 aliphatic carbocycles. The summed E-state index contributed by atoms with van der Waals surface area (Å²) in [4.78, 5) is 0. The molecule has 0 aromatic heterocycles. The average molecular weight is 304 g/mol. The zero-order valence-electron chi connectivity index (χ0n) is 9.00. The van der Waals surface area contributed by atoms with Crippen molar-refractivity contribution in [1.82, 2.24) is 4.72 Å². The van der Waals surface area contributed by atoms with Crippen LogP contribution in [0.4, 0.5) is 0 Å². The predicted octanol–water partition coefficient (Wildman–Crippen LogP) is 1.91. The molecule has 0 amide bonds. The smallest absolute Gasteiger partial charge is 0.201 e. The summed E-state index contributed by atoms with van der Waals surface area (Å²) >= 11 is 3.47. The van der Waals surface area contributed by atoms with Gasteiger partial charge in [0.25, 0.3) is 0 Å². The molecule has 0 bridgehead atoms. The van der Waals surface area contributed by atoms with Crippen molar-refractivity contribution in [2.45, 2.75) is 25.2 Å². The van der Waals surface area contributed by atoms with E-state index in [2.05, 4.69) is 38.9 Å². The Labute approximate surface area is 105 Å². The third-order valence-electron chi connectivity index (χ3n) is 3.05. The van der Waals surface area contributed by atoms with Gasteiger partial charge in [0.1, 0.15) is 0 Å². The van der Waals surface area contributed by atoms with Gasteiger partial charge in [-0.05, 0) is 43.0 Å². The Morgan fingerprint density at radius 2 is 2.06 bits per heavy atom. The number of nitrogens with one attached hydrogen (secondary N) is 1. The summed E-state index contributed by atoms with van der Waals surface area (Å²) < 4.78 is 24.7. The molecule has 0 atom stereocenters. The molecule has 1 aromatic rings. The van der Waals surface area contributed by atoms with Crippen LogP contribution in [-0.4, -0.2) is 15.0 Å². The van der Waals surface area contributed by atoms with Gasteiger partial charge in [0.05, 0.1) is 0 Å². The van der Waals surface area contributed by atoms with Crippen LogP contribution in [-0.2, 0) is 16.3 Å². The SMILES string of the molecule is Cc1cc(Br)cc(C2(CN[SH](=O)=O)CC2)c1. The third kappa shape index (κ3) is 2.64. The molecule has 3 nitrogen and oxygen atoms in total. The van der Waals surface area contributed by atoms with E-state index in [-0.39, 0.29) is 5.41 Å². The molecule has 0 radical (unpaired) electrons. The number of thiol groups is 1. The highest BCUT2D eigenvalue weighted by Gasteiger charge is 2.44. The van der Waals surface area contributed by atoms with E-state index in [1.165, 1.54) is 11.1 Å². The third-order valence-corrected chi connectivity index (χ3v) is 3.93. The molecule has 88 valence electrons. The van der Waals surface area contributed by atoms with Gasteiger partial charge in [-0.15, -0.1) is 0 Å². The van der Waals surface area contributed by atoms with Gasteiger partial charge in [-0.2, -0.15) is 0 Å². The normalized spacial score (nSPS) is 17.7. The predicted molar refractivity (Wildman–Crippen MR) is 68.1 cm³/mol. The largest absolute Gasteiger partial charge is 0.217 e. The van der Waals surface area contributed by atoms with Crippen molar-refractivity contribution in [1.29, 1.82) is 0 Å². The van der Waals surface area contributed by atoms with E-state index in [9.17, 15) is 8.42 Å². The molecular formula is C11H14BrNO2S. The first kappa shape index (κ1) is 12.1. The van der Waals surface area contributed by atoms with E-state index in [1.807, 2.05) is 6.92 Å². The Kier molecular flexibility index (Phi) is 3.37. The van der Waals surface area contributed by atoms with Crippen molar-refractivity contribution >= 4 is 26.8 Å². The second-order valence-corrected chi connectivity index (χ2v) is 6.14. The summed E-state index contributed by atoms with van der Waals surface area (Å²) in [6, 6.07) is 6.28. The molecule has 2 rings (SSSR count). The summed E-state index contributed by atoms with van der Waals surface area (Å²) in [5, 5.41) is 0. The summed E-state index contributed by atoms with van der Waals surface area (Å²) in [5.41, 5.74) is 2.45. The number of halogens is 1. The minimum Gasteiger partial charge on any atom is -0.217 e. The highest BCUT2D eigenvalue weighted by atomic mass is 79.9. The summed E-state index contributed by atoms with van der Waals surface area (Å²) in [6.07, 6.45) is 2.11. The van der Waals surface area contributed by atoms with Gasteiger partial charge in [-0.25, -0.2) is 13.1 Å². The molecule has 0 aliphatic heterocycles. The summed E-state index contributed by atoms with van der Waals surface area (Å²) in [7, 11) is -2.49. The fourth-order valence-electron chi connectivity index (χ4n) is 1.98. The standard InChI is InChI=1S/C11H14BrNO2S/c1-8-4-9(6-10(12)5-8)11(2-3-11)7-13-16(14)15/h4-6,16H,2-3,7H2,1H3,(H,13,14,15). The Balaban J connectivity index is 2.22. The quantitative estimate of drug-likeness (QED) is 0.835. The topological polar surface area (TPSA) is 46.2 Å². The van der Waals surface area contributed by atoms with E-state index in [4.69, 9.17) is 0 Å². The molecule has 0 saturated heterocycles. The summed E-state index contributed by atoms with van der Waals surface area (Å²) in [6.45, 7) is 2.56. The lowest BCUT2D eigenvalue weighted by Crippen LogP contribution is -2.25. The second-order valence-electron chi connectivity index (χ2n) is 4.39. The van der Waals surface area contributed by atoms with Crippen LogP contribution in [0.1, 0.15) is 24.0 Å². The van der Waals surface area contributed by atoms with Crippen LogP contribution in [0.5, 0.6) is 0 Å². The second kappa shape index (κ2) is 4.47.